The van der Waals surface area contributed by atoms with Crippen LogP contribution in [0.2, 0.25) is 0 Å². The van der Waals surface area contributed by atoms with E-state index in [1.807, 2.05) is 0 Å². The Morgan fingerprint density at radius 1 is 1.54 bits per heavy atom. The Bertz CT molecular complexity index is 174. The maximum Gasteiger partial charge on any atom is 0.327 e. The molecule has 0 unspecified atom stereocenters. The summed E-state index contributed by atoms with van der Waals surface area (Å²) in [7, 11) is 0. The van der Waals surface area contributed by atoms with Gasteiger partial charge in [0.25, 0.3) is 0 Å². The largest absolute Gasteiger partial charge is 0.431 e. The van der Waals surface area contributed by atoms with Crippen molar-refractivity contribution in [3.8, 4) is 0 Å². The van der Waals surface area contributed by atoms with Gasteiger partial charge in [-0.05, 0) is 19.4 Å². The number of ether oxygens (including phenoxy) is 1. The number of halogens is 1. The predicted octanol–water partition coefficient (Wildman–Crippen LogP) is 0.427. The third-order valence-corrected chi connectivity index (χ3v) is 1.51. The zero-order valence-corrected chi connectivity index (χ0v) is 7.41. The molecule has 0 aromatic heterocycles. The summed E-state index contributed by atoms with van der Waals surface area (Å²) in [6.45, 7) is 0.576. The van der Waals surface area contributed by atoms with Crippen LogP contribution < -0.4 is 11.5 Å². The molecule has 4 nitrogen and oxygen atoms in total. The lowest BCUT2D eigenvalue weighted by Crippen LogP contribution is -2.31. The van der Waals surface area contributed by atoms with Gasteiger partial charge in [0.15, 0.2) is 0 Å². The molecule has 0 rings (SSSR count). The van der Waals surface area contributed by atoms with Crippen LogP contribution in [0.15, 0.2) is 12.6 Å². The summed E-state index contributed by atoms with van der Waals surface area (Å²) >= 11 is 0. The smallest absolute Gasteiger partial charge is 0.327 e. The third kappa shape index (κ3) is 6.24. The van der Waals surface area contributed by atoms with E-state index in [-0.39, 0.29) is 6.33 Å². The Hall–Kier alpha value is -0.940. The molecule has 0 aliphatic carbocycles. The van der Waals surface area contributed by atoms with Gasteiger partial charge >= 0.3 is 5.97 Å². The number of carbonyl (C=O) groups excluding carboxylic acids is 1. The standard InChI is InChI=1S/C8H15FN2O2/c9-4-6-13-8(12)7(11)3-1-2-5-10/h4,6-7H,1-3,5,10-11H2/t7-/m0/s1. The first kappa shape index (κ1) is 12.1. The SMILES string of the molecule is NCCCC[C@H](N)C(=O)OC=CF. The van der Waals surface area contributed by atoms with E-state index in [1.54, 1.807) is 0 Å². The third-order valence-electron chi connectivity index (χ3n) is 1.51. The van der Waals surface area contributed by atoms with Crippen molar-refractivity contribution in [2.45, 2.75) is 25.3 Å². The Labute approximate surface area is 76.7 Å². The van der Waals surface area contributed by atoms with Crippen LogP contribution in [0.1, 0.15) is 19.3 Å². The Morgan fingerprint density at radius 2 is 2.23 bits per heavy atom. The topological polar surface area (TPSA) is 78.3 Å². The van der Waals surface area contributed by atoms with Crippen molar-refractivity contribution in [1.29, 1.82) is 0 Å². The van der Waals surface area contributed by atoms with Crippen LogP contribution in [0.4, 0.5) is 4.39 Å². The second-order valence-electron chi connectivity index (χ2n) is 2.59. The molecule has 4 N–H and O–H groups in total. The zero-order valence-electron chi connectivity index (χ0n) is 7.41. The summed E-state index contributed by atoms with van der Waals surface area (Å²) in [5.41, 5.74) is 10.7. The number of hydrogen-bond acceptors (Lipinski definition) is 4. The second kappa shape index (κ2) is 7.70. The average molecular weight is 190 g/mol. The molecule has 0 spiro atoms. The van der Waals surface area contributed by atoms with Crippen molar-refractivity contribution in [2.75, 3.05) is 6.54 Å². The van der Waals surface area contributed by atoms with Gasteiger partial charge in [0.1, 0.15) is 18.6 Å². The van der Waals surface area contributed by atoms with Crippen LogP contribution in [0, 0.1) is 0 Å². The van der Waals surface area contributed by atoms with Gasteiger partial charge in [0.2, 0.25) is 0 Å². The fourth-order valence-electron chi connectivity index (χ4n) is 0.807. The normalized spacial score (nSPS) is 13.2. The average Bonchev–Trinajstić information content (AvgIpc) is 2.14. The van der Waals surface area contributed by atoms with Crippen LogP contribution in [-0.2, 0) is 9.53 Å². The van der Waals surface area contributed by atoms with Crippen LogP contribution in [0.25, 0.3) is 0 Å². The molecular formula is C8H15FN2O2. The van der Waals surface area contributed by atoms with E-state index in [4.69, 9.17) is 11.5 Å². The molecule has 0 saturated carbocycles. The highest BCUT2D eigenvalue weighted by Crippen LogP contribution is 2.00. The van der Waals surface area contributed by atoms with Gasteiger partial charge in [-0.3, -0.25) is 0 Å². The monoisotopic (exact) mass is 190 g/mol. The first-order chi connectivity index (χ1) is 6.22. The molecule has 0 aliphatic heterocycles. The fourth-order valence-corrected chi connectivity index (χ4v) is 0.807. The molecule has 0 aliphatic rings. The van der Waals surface area contributed by atoms with Crippen molar-refractivity contribution in [3.05, 3.63) is 12.6 Å². The highest BCUT2D eigenvalue weighted by atomic mass is 19.1. The molecule has 0 radical (unpaired) electrons. The molecule has 5 heteroatoms. The van der Waals surface area contributed by atoms with Crippen molar-refractivity contribution >= 4 is 5.97 Å². The van der Waals surface area contributed by atoms with E-state index < -0.39 is 12.0 Å². The van der Waals surface area contributed by atoms with E-state index in [2.05, 4.69) is 4.74 Å². The van der Waals surface area contributed by atoms with Gasteiger partial charge in [0.05, 0.1) is 0 Å². The van der Waals surface area contributed by atoms with Gasteiger partial charge in [-0.2, -0.15) is 0 Å². The lowest BCUT2D eigenvalue weighted by atomic mass is 10.1. The van der Waals surface area contributed by atoms with Gasteiger partial charge in [-0.15, -0.1) is 0 Å². The van der Waals surface area contributed by atoms with Crippen LogP contribution >= 0.6 is 0 Å². The lowest BCUT2D eigenvalue weighted by molar-refractivity contribution is -0.139. The minimum Gasteiger partial charge on any atom is -0.431 e. The second-order valence-corrected chi connectivity index (χ2v) is 2.59. The van der Waals surface area contributed by atoms with E-state index in [0.717, 1.165) is 12.8 Å². The summed E-state index contributed by atoms with van der Waals surface area (Å²) < 4.78 is 15.7. The fraction of sp³-hybridized carbons (Fsp3) is 0.625. The first-order valence-electron chi connectivity index (χ1n) is 4.13. The molecule has 0 aromatic rings. The minimum absolute atomic E-state index is 0.143. The number of unbranched alkanes of at least 4 members (excludes halogenated alkanes) is 1. The van der Waals surface area contributed by atoms with Crippen LogP contribution in [0.3, 0.4) is 0 Å². The Balaban J connectivity index is 3.56. The molecule has 0 aromatic carbocycles. The molecule has 0 amide bonds. The van der Waals surface area contributed by atoms with E-state index in [1.165, 1.54) is 0 Å². The summed E-state index contributed by atoms with van der Waals surface area (Å²) in [4.78, 5) is 10.9. The molecule has 0 heterocycles. The van der Waals surface area contributed by atoms with E-state index >= 15 is 0 Å². The zero-order chi connectivity index (χ0) is 10.1. The van der Waals surface area contributed by atoms with E-state index in [0.29, 0.717) is 19.2 Å². The number of carbonyl (C=O) groups is 1. The summed E-state index contributed by atoms with van der Waals surface area (Å²) in [5, 5.41) is 0. The lowest BCUT2D eigenvalue weighted by Gasteiger charge is -2.07. The summed E-state index contributed by atoms with van der Waals surface area (Å²) in [6.07, 6.45) is 2.91. The minimum atomic E-state index is -0.692. The molecular weight excluding hydrogens is 175 g/mol. The molecule has 0 bridgehead atoms. The van der Waals surface area contributed by atoms with Gasteiger partial charge in [-0.1, -0.05) is 6.42 Å². The van der Waals surface area contributed by atoms with Crippen molar-refractivity contribution in [2.24, 2.45) is 11.5 Å². The highest BCUT2D eigenvalue weighted by molar-refractivity contribution is 5.75. The van der Waals surface area contributed by atoms with Gasteiger partial charge in [-0.25, -0.2) is 9.18 Å². The number of esters is 1. The van der Waals surface area contributed by atoms with Crippen molar-refractivity contribution < 1.29 is 13.9 Å². The van der Waals surface area contributed by atoms with Gasteiger partial charge in [0, 0.05) is 0 Å². The first-order valence-corrected chi connectivity index (χ1v) is 4.13. The summed E-state index contributed by atoms with van der Waals surface area (Å²) in [6, 6.07) is -0.692. The molecule has 76 valence electrons. The Morgan fingerprint density at radius 3 is 2.77 bits per heavy atom. The Kier molecular flexibility index (Phi) is 7.14. The number of nitrogens with two attached hydrogens (primary N) is 2. The molecule has 1 atom stereocenters. The van der Waals surface area contributed by atoms with Crippen molar-refractivity contribution in [1.82, 2.24) is 0 Å². The van der Waals surface area contributed by atoms with Gasteiger partial charge < -0.3 is 16.2 Å². The molecule has 13 heavy (non-hydrogen) atoms. The maximum atomic E-state index is 11.4. The quantitative estimate of drug-likeness (QED) is 0.361. The summed E-state index contributed by atoms with van der Waals surface area (Å²) in [5.74, 6) is -0.620. The van der Waals surface area contributed by atoms with Crippen LogP contribution in [-0.4, -0.2) is 18.6 Å². The number of hydrogen-bond donors (Lipinski definition) is 2. The van der Waals surface area contributed by atoms with Crippen molar-refractivity contribution in [3.63, 3.8) is 0 Å². The predicted molar refractivity (Wildman–Crippen MR) is 47.2 cm³/mol. The number of rotatable bonds is 6. The van der Waals surface area contributed by atoms with Crippen LogP contribution in [0.5, 0.6) is 0 Å². The highest BCUT2D eigenvalue weighted by Gasteiger charge is 2.12. The molecule has 0 fully saturated rings. The maximum absolute atomic E-state index is 11.4. The molecule has 0 saturated heterocycles. The van der Waals surface area contributed by atoms with E-state index in [9.17, 15) is 9.18 Å².